The predicted molar refractivity (Wildman–Crippen MR) is 89.6 cm³/mol. The third-order valence-corrected chi connectivity index (χ3v) is 5.94. The summed E-state index contributed by atoms with van der Waals surface area (Å²) in [5.74, 6) is -0.496. The van der Waals surface area contributed by atoms with Gasteiger partial charge < -0.3 is 4.57 Å². The second-order valence-corrected chi connectivity index (χ2v) is 7.81. The molecule has 2 aromatic carbocycles. The van der Waals surface area contributed by atoms with Crippen molar-refractivity contribution >= 4 is 43.2 Å². The fraction of sp³-hybridized carbons (Fsp3) is 0.133. The second-order valence-electron chi connectivity index (χ2n) is 4.76. The van der Waals surface area contributed by atoms with Crippen molar-refractivity contribution in [2.75, 3.05) is 0 Å². The van der Waals surface area contributed by atoms with Crippen LogP contribution in [-0.4, -0.2) is 13.0 Å². The van der Waals surface area contributed by atoms with E-state index >= 15 is 0 Å². The van der Waals surface area contributed by atoms with Gasteiger partial charge in [-0.3, -0.25) is 0 Å². The molecular formula is C15H12ClFN2O2S2. The smallest absolute Gasteiger partial charge is 0.285 e. The normalized spacial score (nSPS) is 12.9. The molecule has 0 saturated carbocycles. The Labute approximate surface area is 141 Å². The van der Waals surface area contributed by atoms with E-state index in [0.717, 1.165) is 22.3 Å². The first-order chi connectivity index (χ1) is 10.9. The first-order valence-electron chi connectivity index (χ1n) is 6.76. The van der Waals surface area contributed by atoms with E-state index in [1.807, 2.05) is 13.0 Å². The van der Waals surface area contributed by atoms with Crippen molar-refractivity contribution in [2.24, 2.45) is 4.40 Å². The van der Waals surface area contributed by atoms with Crippen LogP contribution in [0, 0.1) is 5.82 Å². The molecule has 120 valence electrons. The maximum atomic E-state index is 13.0. The summed E-state index contributed by atoms with van der Waals surface area (Å²) >= 11 is 7.23. The third kappa shape index (κ3) is 3.17. The largest absolute Gasteiger partial charge is 0.316 e. The Bertz CT molecular complexity index is 1040. The number of halogens is 2. The molecule has 8 heteroatoms. The van der Waals surface area contributed by atoms with Crippen LogP contribution < -0.4 is 4.80 Å². The van der Waals surface area contributed by atoms with E-state index in [4.69, 9.17) is 11.6 Å². The molecule has 1 heterocycles. The van der Waals surface area contributed by atoms with Crippen LogP contribution in [0.5, 0.6) is 0 Å². The summed E-state index contributed by atoms with van der Waals surface area (Å²) in [6, 6.07) is 9.96. The minimum absolute atomic E-state index is 0.0444. The number of hydrogen-bond acceptors (Lipinski definition) is 3. The summed E-state index contributed by atoms with van der Waals surface area (Å²) in [5.41, 5.74) is 0.870. The van der Waals surface area contributed by atoms with Gasteiger partial charge in [0.2, 0.25) is 4.80 Å². The van der Waals surface area contributed by atoms with Crippen LogP contribution in [-0.2, 0) is 16.6 Å². The minimum atomic E-state index is -3.91. The monoisotopic (exact) mass is 370 g/mol. The molecule has 0 N–H and O–H groups in total. The fourth-order valence-corrected chi connectivity index (χ4v) is 4.76. The number of rotatable bonds is 3. The molecule has 0 amide bonds. The fourth-order valence-electron chi connectivity index (χ4n) is 2.18. The summed E-state index contributed by atoms with van der Waals surface area (Å²) in [6.07, 6.45) is 0. The van der Waals surface area contributed by atoms with Crippen LogP contribution in [0.2, 0.25) is 5.02 Å². The van der Waals surface area contributed by atoms with E-state index in [-0.39, 0.29) is 4.90 Å². The Kier molecular flexibility index (Phi) is 4.27. The van der Waals surface area contributed by atoms with E-state index in [9.17, 15) is 12.8 Å². The van der Waals surface area contributed by atoms with Crippen LogP contribution in [0.15, 0.2) is 51.8 Å². The van der Waals surface area contributed by atoms with E-state index in [1.165, 1.54) is 23.5 Å². The molecule has 0 bridgehead atoms. The molecule has 3 aromatic rings. The lowest BCUT2D eigenvalue weighted by molar-refractivity contribution is 0.594. The maximum Gasteiger partial charge on any atom is 0.285 e. The first kappa shape index (κ1) is 16.2. The zero-order chi connectivity index (χ0) is 16.6. The molecular weight excluding hydrogens is 359 g/mol. The summed E-state index contributed by atoms with van der Waals surface area (Å²) in [5, 5.41) is 0.579. The van der Waals surface area contributed by atoms with Crippen molar-refractivity contribution in [1.82, 2.24) is 4.57 Å². The van der Waals surface area contributed by atoms with Gasteiger partial charge in [0.15, 0.2) is 0 Å². The summed E-state index contributed by atoms with van der Waals surface area (Å²) in [6.45, 7) is 2.48. The van der Waals surface area contributed by atoms with Crippen LogP contribution in [0.1, 0.15) is 6.92 Å². The molecule has 0 unspecified atom stereocenters. The Morgan fingerprint density at radius 3 is 2.57 bits per heavy atom. The van der Waals surface area contributed by atoms with Gasteiger partial charge in [-0.1, -0.05) is 22.9 Å². The second kappa shape index (κ2) is 6.07. The summed E-state index contributed by atoms with van der Waals surface area (Å²) < 4.78 is 44.3. The highest BCUT2D eigenvalue weighted by Crippen LogP contribution is 2.22. The lowest BCUT2D eigenvalue weighted by Crippen LogP contribution is -2.16. The number of nitrogens with zero attached hydrogens (tertiary/aromatic N) is 2. The molecule has 0 spiro atoms. The molecule has 3 rings (SSSR count). The van der Waals surface area contributed by atoms with Crippen molar-refractivity contribution in [3.8, 4) is 0 Å². The number of aryl methyl sites for hydroxylation is 1. The van der Waals surface area contributed by atoms with Gasteiger partial charge in [0.05, 0.1) is 15.1 Å². The van der Waals surface area contributed by atoms with Crippen LogP contribution >= 0.6 is 22.9 Å². The van der Waals surface area contributed by atoms with Gasteiger partial charge in [0, 0.05) is 11.6 Å². The SMILES string of the molecule is CCn1/c(=N/S(=O)(=O)c2ccc(F)cc2)sc2cc(Cl)ccc21. The number of thiazole rings is 1. The van der Waals surface area contributed by atoms with Crippen molar-refractivity contribution in [1.29, 1.82) is 0 Å². The van der Waals surface area contributed by atoms with Crippen molar-refractivity contribution in [3.05, 3.63) is 58.1 Å². The van der Waals surface area contributed by atoms with Gasteiger partial charge in [0.1, 0.15) is 5.82 Å². The maximum absolute atomic E-state index is 13.0. The van der Waals surface area contributed by atoms with Crippen molar-refractivity contribution in [3.63, 3.8) is 0 Å². The standard InChI is InChI=1S/C15H12ClFN2O2S2/c1-2-19-13-8-3-10(16)9-14(13)22-15(19)18-23(20,21)12-6-4-11(17)5-7-12/h3-9H,2H2,1H3/b18-15-. The number of hydrogen-bond donors (Lipinski definition) is 0. The molecule has 0 saturated heterocycles. The topological polar surface area (TPSA) is 51.4 Å². The van der Waals surface area contributed by atoms with E-state index in [1.54, 1.807) is 16.7 Å². The number of sulfonamides is 1. The highest BCUT2D eigenvalue weighted by atomic mass is 35.5. The Morgan fingerprint density at radius 1 is 1.22 bits per heavy atom. The van der Waals surface area contributed by atoms with E-state index in [0.29, 0.717) is 16.4 Å². The molecule has 23 heavy (non-hydrogen) atoms. The van der Waals surface area contributed by atoms with Gasteiger partial charge in [-0.2, -0.15) is 8.42 Å². The molecule has 0 aliphatic heterocycles. The van der Waals surface area contributed by atoms with Gasteiger partial charge in [-0.15, -0.1) is 4.40 Å². The molecule has 0 aliphatic rings. The highest BCUT2D eigenvalue weighted by Gasteiger charge is 2.14. The quantitative estimate of drug-likeness (QED) is 0.704. The zero-order valence-electron chi connectivity index (χ0n) is 12.0. The van der Waals surface area contributed by atoms with Crippen LogP contribution in [0.4, 0.5) is 4.39 Å². The van der Waals surface area contributed by atoms with Gasteiger partial charge >= 0.3 is 0 Å². The molecule has 0 radical (unpaired) electrons. The van der Waals surface area contributed by atoms with Crippen LogP contribution in [0.3, 0.4) is 0 Å². The summed E-state index contributed by atoms with van der Waals surface area (Å²) in [7, 11) is -3.91. The predicted octanol–water partition coefficient (Wildman–Crippen LogP) is 3.80. The zero-order valence-corrected chi connectivity index (χ0v) is 14.4. The average molecular weight is 371 g/mol. The van der Waals surface area contributed by atoms with Gasteiger partial charge in [-0.05, 0) is 49.4 Å². The minimum Gasteiger partial charge on any atom is -0.316 e. The molecule has 0 atom stereocenters. The molecule has 0 aliphatic carbocycles. The Morgan fingerprint density at radius 2 is 1.91 bits per heavy atom. The van der Waals surface area contributed by atoms with Gasteiger partial charge in [-0.25, -0.2) is 4.39 Å². The first-order valence-corrected chi connectivity index (χ1v) is 9.39. The lowest BCUT2D eigenvalue weighted by atomic mass is 10.3. The number of benzene rings is 2. The van der Waals surface area contributed by atoms with E-state index in [2.05, 4.69) is 4.40 Å². The Balaban J connectivity index is 2.22. The lowest BCUT2D eigenvalue weighted by Gasteiger charge is -2.01. The summed E-state index contributed by atoms with van der Waals surface area (Å²) in [4.78, 5) is 0.311. The van der Waals surface area contributed by atoms with Gasteiger partial charge in [0.25, 0.3) is 10.0 Å². The van der Waals surface area contributed by atoms with E-state index < -0.39 is 15.8 Å². The third-order valence-electron chi connectivity index (χ3n) is 3.27. The van der Waals surface area contributed by atoms with Crippen molar-refractivity contribution in [2.45, 2.75) is 18.4 Å². The number of fused-ring (bicyclic) bond motifs is 1. The Hall–Kier alpha value is -1.70. The number of aromatic nitrogens is 1. The highest BCUT2D eigenvalue weighted by molar-refractivity contribution is 7.90. The molecule has 0 fully saturated rings. The van der Waals surface area contributed by atoms with Crippen LogP contribution in [0.25, 0.3) is 10.2 Å². The molecule has 1 aromatic heterocycles. The average Bonchev–Trinajstić information content (AvgIpc) is 2.82. The van der Waals surface area contributed by atoms with Crippen molar-refractivity contribution < 1.29 is 12.8 Å². The molecule has 4 nitrogen and oxygen atoms in total.